The number of nitrogens with zero attached hydrogens (tertiary/aromatic N) is 2. The van der Waals surface area contributed by atoms with E-state index in [1.165, 1.54) is 12.4 Å². The molecule has 0 aromatic carbocycles. The summed E-state index contributed by atoms with van der Waals surface area (Å²) in [6.45, 7) is 1.76. The predicted molar refractivity (Wildman–Crippen MR) is 46.0 cm³/mol. The SMILES string of the molecule is CCC(=O)Nc1ncc(Cl)cn1. The zero-order valence-corrected chi connectivity index (χ0v) is 7.30. The van der Waals surface area contributed by atoms with Crippen LogP contribution in [0.25, 0.3) is 0 Å². The number of carbonyl (C=O) groups is 1. The highest BCUT2D eigenvalue weighted by Crippen LogP contribution is 2.05. The summed E-state index contributed by atoms with van der Waals surface area (Å²) in [5.41, 5.74) is 0. The van der Waals surface area contributed by atoms with Crippen LogP contribution in [0.1, 0.15) is 13.3 Å². The van der Waals surface area contributed by atoms with Crippen LogP contribution in [0, 0.1) is 0 Å². The molecule has 1 N–H and O–H groups in total. The van der Waals surface area contributed by atoms with Crippen molar-refractivity contribution in [3.05, 3.63) is 17.4 Å². The smallest absolute Gasteiger partial charge is 0.229 e. The first-order valence-electron chi connectivity index (χ1n) is 3.49. The Bertz CT molecular complexity index is 272. The van der Waals surface area contributed by atoms with Crippen LogP contribution in [0.2, 0.25) is 5.02 Å². The molecule has 0 radical (unpaired) electrons. The van der Waals surface area contributed by atoms with Crippen molar-refractivity contribution in [1.82, 2.24) is 9.97 Å². The quantitative estimate of drug-likeness (QED) is 0.760. The highest BCUT2D eigenvalue weighted by atomic mass is 35.5. The molecular formula is C7H8ClN3O. The van der Waals surface area contributed by atoms with Gasteiger partial charge in [0, 0.05) is 6.42 Å². The van der Waals surface area contributed by atoms with Gasteiger partial charge in [0.15, 0.2) is 0 Å². The first kappa shape index (κ1) is 8.93. The van der Waals surface area contributed by atoms with Gasteiger partial charge in [0.25, 0.3) is 0 Å². The number of anilines is 1. The monoisotopic (exact) mass is 185 g/mol. The van der Waals surface area contributed by atoms with E-state index >= 15 is 0 Å². The summed E-state index contributed by atoms with van der Waals surface area (Å²) in [6.07, 6.45) is 3.27. The Balaban J connectivity index is 2.64. The van der Waals surface area contributed by atoms with Gasteiger partial charge in [0.2, 0.25) is 11.9 Å². The average molecular weight is 186 g/mol. The van der Waals surface area contributed by atoms with Crippen LogP contribution in [0.15, 0.2) is 12.4 Å². The predicted octanol–water partition coefficient (Wildman–Crippen LogP) is 1.48. The number of hydrogen-bond donors (Lipinski definition) is 1. The van der Waals surface area contributed by atoms with Crippen LogP contribution in [-0.2, 0) is 4.79 Å². The second-order valence-electron chi connectivity index (χ2n) is 2.13. The number of nitrogens with one attached hydrogen (secondary N) is 1. The van der Waals surface area contributed by atoms with E-state index in [9.17, 15) is 4.79 Å². The molecule has 1 rings (SSSR count). The third kappa shape index (κ3) is 2.47. The summed E-state index contributed by atoms with van der Waals surface area (Å²) < 4.78 is 0. The van der Waals surface area contributed by atoms with E-state index in [0.717, 1.165) is 0 Å². The standard InChI is InChI=1S/C7H8ClN3O/c1-2-6(12)11-7-9-3-5(8)4-10-7/h3-4H,2H2,1H3,(H,9,10,11,12). The molecule has 0 bridgehead atoms. The molecule has 1 aromatic rings. The third-order valence-electron chi connectivity index (χ3n) is 1.19. The van der Waals surface area contributed by atoms with Gasteiger partial charge in [-0.3, -0.25) is 10.1 Å². The van der Waals surface area contributed by atoms with Gasteiger partial charge in [-0.05, 0) is 0 Å². The number of amides is 1. The lowest BCUT2D eigenvalue weighted by molar-refractivity contribution is -0.115. The average Bonchev–Trinajstić information content (AvgIpc) is 2.09. The molecule has 1 heterocycles. The fourth-order valence-electron chi connectivity index (χ4n) is 0.590. The second kappa shape index (κ2) is 4.01. The summed E-state index contributed by atoms with van der Waals surface area (Å²) in [5.74, 6) is 0.170. The molecule has 5 heteroatoms. The Morgan fingerprint density at radius 3 is 2.67 bits per heavy atom. The number of halogens is 1. The van der Waals surface area contributed by atoms with E-state index in [1.54, 1.807) is 6.92 Å². The minimum absolute atomic E-state index is 0.114. The van der Waals surface area contributed by atoms with E-state index < -0.39 is 0 Å². The van der Waals surface area contributed by atoms with E-state index in [4.69, 9.17) is 11.6 Å². The second-order valence-corrected chi connectivity index (χ2v) is 2.56. The van der Waals surface area contributed by atoms with Crippen molar-refractivity contribution in [1.29, 1.82) is 0 Å². The molecule has 1 aromatic heterocycles. The Morgan fingerprint density at radius 1 is 1.58 bits per heavy atom. The molecule has 0 aliphatic heterocycles. The van der Waals surface area contributed by atoms with Gasteiger partial charge in [-0.25, -0.2) is 9.97 Å². The Hall–Kier alpha value is -1.16. The maximum Gasteiger partial charge on any atom is 0.229 e. The number of aromatic nitrogens is 2. The Kier molecular flexibility index (Phi) is 2.99. The lowest BCUT2D eigenvalue weighted by atomic mass is 10.5. The third-order valence-corrected chi connectivity index (χ3v) is 1.39. The van der Waals surface area contributed by atoms with Crippen LogP contribution < -0.4 is 5.32 Å². The van der Waals surface area contributed by atoms with Crippen molar-refractivity contribution < 1.29 is 4.79 Å². The maximum absolute atomic E-state index is 10.8. The summed E-state index contributed by atoms with van der Waals surface area (Å²) in [6, 6.07) is 0. The summed E-state index contributed by atoms with van der Waals surface area (Å²) >= 11 is 5.54. The van der Waals surface area contributed by atoms with Gasteiger partial charge in [0.1, 0.15) is 0 Å². The normalized spacial score (nSPS) is 9.50. The van der Waals surface area contributed by atoms with Crippen molar-refractivity contribution in [3.63, 3.8) is 0 Å². The van der Waals surface area contributed by atoms with Crippen LogP contribution in [-0.4, -0.2) is 15.9 Å². The zero-order valence-electron chi connectivity index (χ0n) is 6.54. The maximum atomic E-state index is 10.8. The van der Waals surface area contributed by atoms with Crippen LogP contribution >= 0.6 is 11.6 Å². The summed E-state index contributed by atoms with van der Waals surface area (Å²) in [5, 5.41) is 2.95. The molecule has 0 aliphatic rings. The molecule has 0 aliphatic carbocycles. The summed E-state index contributed by atoms with van der Waals surface area (Å²) in [4.78, 5) is 18.4. The van der Waals surface area contributed by atoms with E-state index in [2.05, 4.69) is 15.3 Å². The highest BCUT2D eigenvalue weighted by Gasteiger charge is 1.99. The minimum Gasteiger partial charge on any atom is -0.295 e. The fourth-order valence-corrected chi connectivity index (χ4v) is 0.688. The topological polar surface area (TPSA) is 54.9 Å². The van der Waals surface area contributed by atoms with Crippen molar-refractivity contribution >= 4 is 23.5 Å². The van der Waals surface area contributed by atoms with Crippen LogP contribution in [0.3, 0.4) is 0 Å². The van der Waals surface area contributed by atoms with Crippen molar-refractivity contribution in [3.8, 4) is 0 Å². The van der Waals surface area contributed by atoms with Gasteiger partial charge >= 0.3 is 0 Å². The van der Waals surface area contributed by atoms with Crippen molar-refractivity contribution in [2.45, 2.75) is 13.3 Å². The van der Waals surface area contributed by atoms with Crippen LogP contribution in [0.5, 0.6) is 0 Å². The lowest BCUT2D eigenvalue weighted by Crippen LogP contribution is -2.11. The van der Waals surface area contributed by atoms with Gasteiger partial charge in [-0.2, -0.15) is 0 Å². The highest BCUT2D eigenvalue weighted by molar-refractivity contribution is 6.30. The number of carbonyl (C=O) groups excluding carboxylic acids is 1. The minimum atomic E-state index is -0.114. The van der Waals surface area contributed by atoms with E-state index in [-0.39, 0.29) is 11.9 Å². The zero-order chi connectivity index (χ0) is 8.97. The molecule has 0 spiro atoms. The fraction of sp³-hybridized carbons (Fsp3) is 0.286. The molecule has 0 unspecified atom stereocenters. The molecule has 0 saturated carbocycles. The largest absolute Gasteiger partial charge is 0.295 e. The van der Waals surface area contributed by atoms with E-state index in [1.807, 2.05) is 0 Å². The molecule has 12 heavy (non-hydrogen) atoms. The lowest BCUT2D eigenvalue weighted by Gasteiger charge is -1.99. The van der Waals surface area contributed by atoms with Crippen molar-refractivity contribution in [2.75, 3.05) is 5.32 Å². The van der Waals surface area contributed by atoms with Gasteiger partial charge in [-0.1, -0.05) is 18.5 Å². The van der Waals surface area contributed by atoms with Crippen molar-refractivity contribution in [2.24, 2.45) is 0 Å². The van der Waals surface area contributed by atoms with Gasteiger partial charge in [-0.15, -0.1) is 0 Å². The Labute approximate surface area is 75.0 Å². The number of hydrogen-bond acceptors (Lipinski definition) is 3. The molecule has 0 fully saturated rings. The molecule has 1 amide bonds. The number of rotatable bonds is 2. The molecule has 0 saturated heterocycles. The molecule has 0 atom stereocenters. The Morgan fingerprint density at radius 2 is 2.17 bits per heavy atom. The summed E-state index contributed by atoms with van der Waals surface area (Å²) in [7, 11) is 0. The van der Waals surface area contributed by atoms with Gasteiger partial charge in [0.05, 0.1) is 17.4 Å². The van der Waals surface area contributed by atoms with Gasteiger partial charge < -0.3 is 0 Å². The molecule has 4 nitrogen and oxygen atoms in total. The van der Waals surface area contributed by atoms with E-state index in [0.29, 0.717) is 11.4 Å². The van der Waals surface area contributed by atoms with Crippen LogP contribution in [0.4, 0.5) is 5.95 Å². The molecular weight excluding hydrogens is 178 g/mol. The first-order chi connectivity index (χ1) is 5.72. The molecule has 64 valence electrons. The first-order valence-corrected chi connectivity index (χ1v) is 3.87.